The van der Waals surface area contributed by atoms with E-state index in [-0.39, 0.29) is 5.41 Å². The lowest BCUT2D eigenvalue weighted by atomic mass is 9.82. The van der Waals surface area contributed by atoms with Gasteiger partial charge in [0.25, 0.3) is 0 Å². The SMILES string of the molecule is CC1(C)c2ccccc2-c2ccc(N(c3ccc(-c4ccc5oc6ccc7ccccc7c6c5c4)cc3)c3ccc(-c4cccc5ccccc45)cc3)cc21. The fourth-order valence-corrected chi connectivity index (χ4v) is 9.08. The number of nitrogens with zero attached hydrogens (tertiary/aromatic N) is 1. The minimum atomic E-state index is -0.100. The van der Waals surface area contributed by atoms with Crippen LogP contribution in [0.2, 0.25) is 0 Å². The smallest absolute Gasteiger partial charge is 0.136 e. The van der Waals surface area contributed by atoms with Gasteiger partial charge in [0.05, 0.1) is 0 Å². The van der Waals surface area contributed by atoms with Crippen LogP contribution in [0.15, 0.2) is 192 Å². The highest BCUT2D eigenvalue weighted by molar-refractivity contribution is 6.19. The van der Waals surface area contributed by atoms with Gasteiger partial charge in [-0.15, -0.1) is 0 Å². The van der Waals surface area contributed by atoms with Crippen molar-refractivity contribution in [1.82, 2.24) is 0 Å². The zero-order chi connectivity index (χ0) is 36.7. The summed E-state index contributed by atoms with van der Waals surface area (Å²) >= 11 is 0. The Balaban J connectivity index is 1.02. The van der Waals surface area contributed by atoms with Crippen LogP contribution < -0.4 is 4.90 Å². The predicted octanol–water partition coefficient (Wildman–Crippen LogP) is 15.0. The van der Waals surface area contributed by atoms with Crippen molar-refractivity contribution in [1.29, 1.82) is 0 Å². The monoisotopic (exact) mass is 703 g/mol. The van der Waals surface area contributed by atoms with Gasteiger partial charge in [-0.2, -0.15) is 0 Å². The molecule has 1 heterocycles. The summed E-state index contributed by atoms with van der Waals surface area (Å²) in [6, 6.07) is 68.5. The van der Waals surface area contributed by atoms with E-state index in [4.69, 9.17) is 4.42 Å². The van der Waals surface area contributed by atoms with Crippen LogP contribution in [0.25, 0.3) is 76.9 Å². The van der Waals surface area contributed by atoms with E-state index >= 15 is 0 Å². The Morgan fingerprint density at radius 3 is 1.76 bits per heavy atom. The lowest BCUT2D eigenvalue weighted by Gasteiger charge is -2.28. The van der Waals surface area contributed by atoms with Gasteiger partial charge in [-0.25, -0.2) is 0 Å². The average Bonchev–Trinajstić information content (AvgIpc) is 3.73. The van der Waals surface area contributed by atoms with E-state index in [1.807, 2.05) is 0 Å². The Labute approximate surface area is 320 Å². The van der Waals surface area contributed by atoms with Gasteiger partial charge < -0.3 is 9.32 Å². The maximum Gasteiger partial charge on any atom is 0.136 e. The standard InChI is InChI=1S/C53H37NO/c1-53(2)48-17-8-7-15-45(48)46-29-28-41(33-49(46)53)54(40-26-20-37(21-27-40)43-16-9-12-35-10-3-5-13-42(35)43)39-24-18-34(19-25-39)38-23-30-50-47(32-38)52-44-14-6-4-11-36(44)22-31-51(52)55-50/h3-33H,1-2H3. The summed E-state index contributed by atoms with van der Waals surface area (Å²) < 4.78 is 6.32. The molecule has 0 amide bonds. The highest BCUT2D eigenvalue weighted by Gasteiger charge is 2.35. The Kier molecular flexibility index (Phi) is 6.93. The molecule has 11 rings (SSSR count). The fraction of sp³-hybridized carbons (Fsp3) is 0.0566. The zero-order valence-corrected chi connectivity index (χ0v) is 30.8. The van der Waals surface area contributed by atoms with Gasteiger partial charge in [-0.05, 0) is 121 Å². The zero-order valence-electron chi connectivity index (χ0n) is 30.8. The van der Waals surface area contributed by atoms with Crippen LogP contribution in [-0.4, -0.2) is 0 Å². The van der Waals surface area contributed by atoms with Gasteiger partial charge in [0, 0.05) is 33.2 Å². The van der Waals surface area contributed by atoms with Crippen molar-refractivity contribution < 1.29 is 4.42 Å². The van der Waals surface area contributed by atoms with Crippen molar-refractivity contribution in [3.05, 3.63) is 199 Å². The Hall–Kier alpha value is -6.90. The van der Waals surface area contributed by atoms with E-state index in [9.17, 15) is 0 Å². The molecule has 2 heteroatoms. The van der Waals surface area contributed by atoms with Gasteiger partial charge in [-0.3, -0.25) is 0 Å². The van der Waals surface area contributed by atoms with E-state index in [0.717, 1.165) is 44.7 Å². The number of anilines is 3. The van der Waals surface area contributed by atoms with Crippen LogP contribution in [0, 0.1) is 0 Å². The summed E-state index contributed by atoms with van der Waals surface area (Å²) in [4.78, 5) is 2.40. The van der Waals surface area contributed by atoms with E-state index in [1.165, 1.54) is 60.3 Å². The summed E-state index contributed by atoms with van der Waals surface area (Å²) in [6.45, 7) is 4.70. The summed E-state index contributed by atoms with van der Waals surface area (Å²) in [5, 5.41) is 7.27. The summed E-state index contributed by atoms with van der Waals surface area (Å²) in [5.74, 6) is 0. The first-order valence-corrected chi connectivity index (χ1v) is 19.1. The molecule has 1 aliphatic carbocycles. The van der Waals surface area contributed by atoms with Gasteiger partial charge in [0.1, 0.15) is 11.2 Å². The first-order valence-electron chi connectivity index (χ1n) is 19.1. The molecule has 55 heavy (non-hydrogen) atoms. The van der Waals surface area contributed by atoms with Crippen molar-refractivity contribution in [3.63, 3.8) is 0 Å². The molecule has 0 radical (unpaired) electrons. The molecule has 0 saturated carbocycles. The average molecular weight is 704 g/mol. The van der Waals surface area contributed by atoms with Gasteiger partial charge in [0.15, 0.2) is 0 Å². The Bertz CT molecular complexity index is 3110. The number of hydrogen-bond acceptors (Lipinski definition) is 2. The highest BCUT2D eigenvalue weighted by Crippen LogP contribution is 2.51. The maximum absolute atomic E-state index is 6.32. The molecule has 0 unspecified atom stereocenters. The lowest BCUT2D eigenvalue weighted by Crippen LogP contribution is -2.16. The first-order chi connectivity index (χ1) is 27.0. The van der Waals surface area contributed by atoms with Gasteiger partial charge in [0.2, 0.25) is 0 Å². The van der Waals surface area contributed by atoms with Crippen LogP contribution in [0.5, 0.6) is 0 Å². The molecule has 0 atom stereocenters. The van der Waals surface area contributed by atoms with E-state index in [2.05, 4.69) is 207 Å². The minimum absolute atomic E-state index is 0.100. The van der Waals surface area contributed by atoms with Crippen LogP contribution in [-0.2, 0) is 5.41 Å². The molecule has 260 valence electrons. The quantitative estimate of drug-likeness (QED) is 0.177. The highest BCUT2D eigenvalue weighted by atomic mass is 16.3. The molecule has 2 nitrogen and oxygen atoms in total. The van der Waals surface area contributed by atoms with Crippen molar-refractivity contribution in [2.24, 2.45) is 0 Å². The fourth-order valence-electron chi connectivity index (χ4n) is 9.08. The number of benzene rings is 9. The topological polar surface area (TPSA) is 16.4 Å². The maximum atomic E-state index is 6.32. The second-order valence-electron chi connectivity index (χ2n) is 15.3. The Morgan fingerprint density at radius 1 is 0.382 bits per heavy atom. The molecule has 1 aromatic heterocycles. The van der Waals surface area contributed by atoms with Crippen LogP contribution in [0.1, 0.15) is 25.0 Å². The van der Waals surface area contributed by atoms with Crippen molar-refractivity contribution in [2.75, 3.05) is 4.90 Å². The third-order valence-corrected chi connectivity index (χ3v) is 11.9. The molecule has 0 spiro atoms. The molecular weight excluding hydrogens is 667 g/mol. The number of hydrogen-bond donors (Lipinski definition) is 0. The van der Waals surface area contributed by atoms with Gasteiger partial charge >= 0.3 is 0 Å². The molecule has 9 aromatic carbocycles. The molecular formula is C53H37NO. The molecule has 0 fully saturated rings. The molecule has 0 aliphatic heterocycles. The number of fused-ring (bicyclic) bond motifs is 9. The Morgan fingerprint density at radius 2 is 0.964 bits per heavy atom. The molecule has 0 saturated heterocycles. The molecule has 0 bridgehead atoms. The van der Waals surface area contributed by atoms with Crippen LogP contribution >= 0.6 is 0 Å². The lowest BCUT2D eigenvalue weighted by molar-refractivity contribution is 0.660. The number of furan rings is 1. The predicted molar refractivity (Wildman–Crippen MR) is 232 cm³/mol. The van der Waals surface area contributed by atoms with E-state index in [1.54, 1.807) is 0 Å². The second-order valence-corrected chi connectivity index (χ2v) is 15.3. The third-order valence-electron chi connectivity index (χ3n) is 11.9. The van der Waals surface area contributed by atoms with Crippen molar-refractivity contribution in [3.8, 4) is 33.4 Å². The molecule has 1 aliphatic rings. The normalized spacial score (nSPS) is 13.1. The summed E-state index contributed by atoms with van der Waals surface area (Å²) in [6.07, 6.45) is 0. The number of rotatable bonds is 5. The summed E-state index contributed by atoms with van der Waals surface area (Å²) in [7, 11) is 0. The summed E-state index contributed by atoms with van der Waals surface area (Å²) in [5.41, 5.74) is 15.3. The van der Waals surface area contributed by atoms with Crippen LogP contribution in [0.3, 0.4) is 0 Å². The van der Waals surface area contributed by atoms with E-state index in [0.29, 0.717) is 0 Å². The first kappa shape index (κ1) is 31.6. The largest absolute Gasteiger partial charge is 0.456 e. The molecule has 0 N–H and O–H groups in total. The van der Waals surface area contributed by atoms with Gasteiger partial charge in [-0.1, -0.05) is 147 Å². The van der Waals surface area contributed by atoms with Crippen molar-refractivity contribution >= 4 is 60.5 Å². The minimum Gasteiger partial charge on any atom is -0.456 e. The molecule has 10 aromatic rings. The van der Waals surface area contributed by atoms with Crippen LogP contribution in [0.4, 0.5) is 17.1 Å². The third kappa shape index (κ3) is 4.95. The van der Waals surface area contributed by atoms with E-state index < -0.39 is 0 Å². The second kappa shape index (κ2) is 12.1. The van der Waals surface area contributed by atoms with Crippen molar-refractivity contribution in [2.45, 2.75) is 19.3 Å².